The van der Waals surface area contributed by atoms with E-state index < -0.39 is 6.10 Å². The summed E-state index contributed by atoms with van der Waals surface area (Å²) in [6, 6.07) is 0. The van der Waals surface area contributed by atoms with Gasteiger partial charge in [-0.25, -0.2) is 4.98 Å². The summed E-state index contributed by atoms with van der Waals surface area (Å²) in [5.41, 5.74) is 0.471. The van der Waals surface area contributed by atoms with Crippen LogP contribution >= 0.6 is 0 Å². The quantitative estimate of drug-likeness (QED) is 0.729. The SMILES string of the molecule is O=C(c1cnc[nH]1)N1CCN(CCN2CCOCC2)C[C@H](O)C1. The van der Waals surface area contributed by atoms with E-state index in [2.05, 4.69) is 19.8 Å². The van der Waals surface area contributed by atoms with Gasteiger partial charge >= 0.3 is 0 Å². The number of hydrogen-bond acceptors (Lipinski definition) is 6. The predicted molar refractivity (Wildman–Crippen MR) is 84.2 cm³/mol. The fourth-order valence-corrected chi connectivity index (χ4v) is 3.09. The van der Waals surface area contributed by atoms with E-state index >= 15 is 0 Å². The summed E-state index contributed by atoms with van der Waals surface area (Å²) >= 11 is 0. The maximum atomic E-state index is 12.4. The first kappa shape index (κ1) is 16.4. The summed E-state index contributed by atoms with van der Waals surface area (Å²) in [6.45, 7) is 7.81. The van der Waals surface area contributed by atoms with Crippen LogP contribution in [0.15, 0.2) is 12.5 Å². The summed E-state index contributed by atoms with van der Waals surface area (Å²) in [5.74, 6) is -0.100. The Morgan fingerprint density at radius 1 is 1.22 bits per heavy atom. The summed E-state index contributed by atoms with van der Waals surface area (Å²) < 4.78 is 5.36. The second-order valence-corrected chi connectivity index (χ2v) is 6.12. The summed E-state index contributed by atoms with van der Waals surface area (Å²) in [6.07, 6.45) is 2.50. The van der Waals surface area contributed by atoms with Crippen LogP contribution in [0.4, 0.5) is 0 Å². The highest BCUT2D eigenvalue weighted by atomic mass is 16.5. The Labute approximate surface area is 136 Å². The highest BCUT2D eigenvalue weighted by Crippen LogP contribution is 2.08. The molecule has 0 unspecified atom stereocenters. The Morgan fingerprint density at radius 2 is 2.00 bits per heavy atom. The molecular weight excluding hydrogens is 298 g/mol. The van der Waals surface area contributed by atoms with Crippen molar-refractivity contribution in [2.24, 2.45) is 0 Å². The second kappa shape index (κ2) is 7.87. The molecule has 2 aliphatic heterocycles. The molecule has 0 saturated carbocycles. The molecule has 0 bridgehead atoms. The summed E-state index contributed by atoms with van der Waals surface area (Å²) in [7, 11) is 0. The molecule has 3 heterocycles. The van der Waals surface area contributed by atoms with Gasteiger partial charge in [-0.3, -0.25) is 14.6 Å². The van der Waals surface area contributed by atoms with Crippen molar-refractivity contribution in [3.05, 3.63) is 18.2 Å². The molecule has 8 nitrogen and oxygen atoms in total. The summed E-state index contributed by atoms with van der Waals surface area (Å²) in [5, 5.41) is 10.2. The number of aromatic amines is 1. The number of aliphatic hydroxyl groups is 1. The molecule has 2 fully saturated rings. The lowest BCUT2D eigenvalue weighted by molar-refractivity contribution is 0.0314. The van der Waals surface area contributed by atoms with Crippen LogP contribution in [0.5, 0.6) is 0 Å². The van der Waals surface area contributed by atoms with E-state index in [0.717, 1.165) is 45.9 Å². The Bertz CT molecular complexity index is 489. The zero-order valence-electron chi connectivity index (χ0n) is 13.4. The van der Waals surface area contributed by atoms with E-state index in [1.54, 1.807) is 4.90 Å². The number of amides is 1. The van der Waals surface area contributed by atoms with Crippen molar-refractivity contribution in [3.8, 4) is 0 Å². The van der Waals surface area contributed by atoms with Crippen molar-refractivity contribution in [2.75, 3.05) is 65.6 Å². The topological polar surface area (TPSA) is 84.9 Å². The number of carbonyl (C=O) groups excluding carboxylic acids is 1. The molecule has 1 atom stereocenters. The van der Waals surface area contributed by atoms with E-state index in [1.165, 1.54) is 12.5 Å². The van der Waals surface area contributed by atoms with Crippen LogP contribution in [0.1, 0.15) is 10.5 Å². The van der Waals surface area contributed by atoms with Crippen LogP contribution in [0, 0.1) is 0 Å². The van der Waals surface area contributed by atoms with Crippen molar-refractivity contribution in [2.45, 2.75) is 6.10 Å². The molecule has 0 aromatic carbocycles. The highest BCUT2D eigenvalue weighted by molar-refractivity contribution is 5.92. The molecule has 8 heteroatoms. The average molecular weight is 323 g/mol. The minimum Gasteiger partial charge on any atom is -0.390 e. The third-order valence-corrected chi connectivity index (χ3v) is 4.44. The molecule has 1 amide bonds. The molecule has 0 spiro atoms. The van der Waals surface area contributed by atoms with Crippen molar-refractivity contribution in [1.82, 2.24) is 24.7 Å². The molecule has 0 aliphatic carbocycles. The zero-order chi connectivity index (χ0) is 16.1. The number of aliphatic hydroxyl groups excluding tert-OH is 1. The number of morpholine rings is 1. The third-order valence-electron chi connectivity index (χ3n) is 4.44. The number of carbonyl (C=O) groups is 1. The van der Waals surface area contributed by atoms with Gasteiger partial charge in [0.25, 0.3) is 5.91 Å². The molecule has 2 N–H and O–H groups in total. The maximum absolute atomic E-state index is 12.4. The van der Waals surface area contributed by atoms with Crippen molar-refractivity contribution in [1.29, 1.82) is 0 Å². The maximum Gasteiger partial charge on any atom is 0.272 e. The normalized spacial score (nSPS) is 24.6. The Morgan fingerprint density at radius 3 is 2.74 bits per heavy atom. The van der Waals surface area contributed by atoms with E-state index in [1.807, 2.05) is 0 Å². The van der Waals surface area contributed by atoms with Gasteiger partial charge in [-0.1, -0.05) is 0 Å². The number of ether oxygens (including phenoxy) is 1. The van der Waals surface area contributed by atoms with Gasteiger partial charge in [-0.15, -0.1) is 0 Å². The molecule has 1 aromatic heterocycles. The van der Waals surface area contributed by atoms with Gasteiger partial charge in [0.05, 0.1) is 31.8 Å². The fourth-order valence-electron chi connectivity index (χ4n) is 3.09. The monoisotopic (exact) mass is 323 g/mol. The van der Waals surface area contributed by atoms with Crippen LogP contribution < -0.4 is 0 Å². The van der Waals surface area contributed by atoms with Gasteiger partial charge in [0.1, 0.15) is 5.69 Å². The Balaban J connectivity index is 1.50. The minimum atomic E-state index is -0.519. The van der Waals surface area contributed by atoms with E-state index in [4.69, 9.17) is 4.74 Å². The lowest BCUT2D eigenvalue weighted by atomic mass is 10.3. The van der Waals surface area contributed by atoms with Crippen LogP contribution in [0.2, 0.25) is 0 Å². The number of β-amino-alcohol motifs (C(OH)–C–C–N with tert-alkyl or cyclic N) is 1. The van der Waals surface area contributed by atoms with Crippen LogP contribution in [0.3, 0.4) is 0 Å². The molecular formula is C15H25N5O3. The minimum absolute atomic E-state index is 0.100. The molecule has 23 heavy (non-hydrogen) atoms. The standard InChI is InChI=1S/C15H25N5O3/c21-13-10-19(2-1-18-5-7-23-8-6-18)3-4-20(11-13)15(22)14-9-16-12-17-14/h9,12-13,21H,1-8,10-11H2,(H,16,17)/t13-/m0/s1. The number of rotatable bonds is 4. The van der Waals surface area contributed by atoms with Crippen molar-refractivity contribution in [3.63, 3.8) is 0 Å². The number of hydrogen-bond donors (Lipinski definition) is 2. The lowest BCUT2D eigenvalue weighted by Crippen LogP contribution is -2.43. The number of imidazole rings is 1. The van der Waals surface area contributed by atoms with Gasteiger partial charge in [0.2, 0.25) is 0 Å². The molecule has 3 rings (SSSR count). The number of nitrogens with one attached hydrogen (secondary N) is 1. The number of H-pyrrole nitrogens is 1. The number of aromatic nitrogens is 2. The van der Waals surface area contributed by atoms with Crippen molar-refractivity contribution >= 4 is 5.91 Å². The second-order valence-electron chi connectivity index (χ2n) is 6.12. The molecule has 128 valence electrons. The third kappa shape index (κ3) is 4.51. The molecule has 2 aliphatic rings. The lowest BCUT2D eigenvalue weighted by Gasteiger charge is -2.29. The first-order valence-electron chi connectivity index (χ1n) is 8.20. The molecule has 0 radical (unpaired) electrons. The van der Waals surface area contributed by atoms with E-state index in [9.17, 15) is 9.90 Å². The van der Waals surface area contributed by atoms with Crippen LogP contribution in [0.25, 0.3) is 0 Å². The largest absolute Gasteiger partial charge is 0.390 e. The van der Waals surface area contributed by atoms with Crippen LogP contribution in [-0.4, -0.2) is 107 Å². The molecule has 2 saturated heterocycles. The first-order valence-corrected chi connectivity index (χ1v) is 8.20. The van der Waals surface area contributed by atoms with Gasteiger partial charge in [-0.05, 0) is 0 Å². The average Bonchev–Trinajstić information content (AvgIpc) is 3.04. The van der Waals surface area contributed by atoms with Crippen LogP contribution in [-0.2, 0) is 4.74 Å². The highest BCUT2D eigenvalue weighted by Gasteiger charge is 2.26. The Hall–Kier alpha value is -1.48. The molecule has 1 aromatic rings. The van der Waals surface area contributed by atoms with Gasteiger partial charge < -0.3 is 19.7 Å². The van der Waals surface area contributed by atoms with E-state index in [0.29, 0.717) is 25.3 Å². The van der Waals surface area contributed by atoms with Gasteiger partial charge in [0.15, 0.2) is 0 Å². The Kier molecular flexibility index (Phi) is 5.60. The van der Waals surface area contributed by atoms with Gasteiger partial charge in [-0.2, -0.15) is 0 Å². The summed E-state index contributed by atoms with van der Waals surface area (Å²) in [4.78, 5) is 25.4. The predicted octanol–water partition coefficient (Wildman–Crippen LogP) is -1.14. The number of nitrogens with zero attached hydrogens (tertiary/aromatic N) is 4. The fraction of sp³-hybridized carbons (Fsp3) is 0.733. The van der Waals surface area contributed by atoms with Crippen molar-refractivity contribution < 1.29 is 14.6 Å². The smallest absolute Gasteiger partial charge is 0.272 e. The zero-order valence-corrected chi connectivity index (χ0v) is 13.4. The first-order chi connectivity index (χ1) is 11.2. The van der Waals surface area contributed by atoms with Gasteiger partial charge in [0, 0.05) is 52.4 Å². The van der Waals surface area contributed by atoms with E-state index in [-0.39, 0.29) is 5.91 Å².